The number of para-hydroxylation sites is 1. The lowest BCUT2D eigenvalue weighted by Gasteiger charge is -2.23. The summed E-state index contributed by atoms with van der Waals surface area (Å²) in [5.74, 6) is -1.10. The van der Waals surface area contributed by atoms with Crippen molar-refractivity contribution in [1.82, 2.24) is 5.32 Å². The summed E-state index contributed by atoms with van der Waals surface area (Å²) in [5.41, 5.74) is 0.606. The Kier molecular flexibility index (Phi) is 6.22. The van der Waals surface area contributed by atoms with Crippen LogP contribution in [0.4, 0.5) is 5.69 Å². The minimum atomic E-state index is -3.87. The third-order valence-electron chi connectivity index (χ3n) is 4.57. The first kappa shape index (κ1) is 20.9. The fourth-order valence-electron chi connectivity index (χ4n) is 2.82. The predicted octanol–water partition coefficient (Wildman–Crippen LogP) is 2.73. The number of carbonyl (C=O) groups excluding carboxylic acids is 2. The molecule has 0 unspecified atom stereocenters. The molecule has 29 heavy (non-hydrogen) atoms. The molecule has 3 rings (SSSR count). The van der Waals surface area contributed by atoms with Crippen molar-refractivity contribution in [1.29, 1.82) is 0 Å². The average molecular weight is 416 g/mol. The molecule has 2 aromatic carbocycles. The highest BCUT2D eigenvalue weighted by atomic mass is 32.2. The Balaban J connectivity index is 1.78. The Morgan fingerprint density at radius 3 is 2.45 bits per heavy atom. The Hall–Kier alpha value is -2.87. The number of sulfonamides is 1. The van der Waals surface area contributed by atoms with Crippen molar-refractivity contribution >= 4 is 27.6 Å². The molecule has 0 spiro atoms. The summed E-state index contributed by atoms with van der Waals surface area (Å²) >= 11 is 0. The molecule has 1 amide bonds. The van der Waals surface area contributed by atoms with E-state index in [4.69, 9.17) is 4.74 Å². The van der Waals surface area contributed by atoms with Crippen LogP contribution in [-0.4, -0.2) is 39.0 Å². The second kappa shape index (κ2) is 8.65. The molecule has 0 aliphatic heterocycles. The number of ether oxygens (including phenoxy) is 1. The van der Waals surface area contributed by atoms with E-state index in [0.717, 1.165) is 12.8 Å². The molecule has 0 heterocycles. The quantitative estimate of drug-likeness (QED) is 0.668. The highest BCUT2D eigenvalue weighted by Crippen LogP contribution is 2.24. The molecule has 1 saturated carbocycles. The molecule has 1 N–H and O–H groups in total. The summed E-state index contributed by atoms with van der Waals surface area (Å²) < 4.78 is 32.7. The van der Waals surface area contributed by atoms with Crippen LogP contribution in [0.15, 0.2) is 59.5 Å². The van der Waals surface area contributed by atoms with Crippen LogP contribution in [0.1, 0.15) is 37.0 Å². The molecule has 0 aromatic heterocycles. The molecule has 154 valence electrons. The summed E-state index contributed by atoms with van der Waals surface area (Å²) in [7, 11) is -3.87. The van der Waals surface area contributed by atoms with Crippen LogP contribution in [0.3, 0.4) is 0 Å². The first-order chi connectivity index (χ1) is 13.8. The van der Waals surface area contributed by atoms with Crippen molar-refractivity contribution in [3.63, 3.8) is 0 Å². The van der Waals surface area contributed by atoms with Crippen LogP contribution in [0, 0.1) is 0 Å². The average Bonchev–Trinajstić information content (AvgIpc) is 3.53. The number of anilines is 1. The van der Waals surface area contributed by atoms with Gasteiger partial charge in [-0.05, 0) is 57.0 Å². The zero-order valence-electron chi connectivity index (χ0n) is 16.4. The Labute approximate surface area is 170 Å². The fraction of sp³-hybridized carbons (Fsp3) is 0.333. The number of hydrogen-bond donors (Lipinski definition) is 1. The number of hydrogen-bond acceptors (Lipinski definition) is 5. The van der Waals surface area contributed by atoms with Crippen LogP contribution in [-0.2, 0) is 19.6 Å². The summed E-state index contributed by atoms with van der Waals surface area (Å²) in [6, 6.07) is 14.6. The first-order valence-electron chi connectivity index (χ1n) is 9.52. The molecule has 0 bridgehead atoms. The molecular weight excluding hydrogens is 392 g/mol. The maximum absolute atomic E-state index is 13.1. The molecule has 1 fully saturated rings. The fourth-order valence-corrected chi connectivity index (χ4v) is 4.34. The van der Waals surface area contributed by atoms with Gasteiger partial charge in [-0.2, -0.15) is 0 Å². The molecule has 2 aromatic rings. The molecule has 1 aliphatic rings. The summed E-state index contributed by atoms with van der Waals surface area (Å²) in [6.07, 6.45) is 0.906. The molecule has 1 atom stereocenters. The van der Waals surface area contributed by atoms with Gasteiger partial charge in [-0.25, -0.2) is 13.2 Å². The van der Waals surface area contributed by atoms with Crippen molar-refractivity contribution in [2.24, 2.45) is 0 Å². The first-order valence-corrected chi connectivity index (χ1v) is 11.0. The molecule has 0 radical (unpaired) electrons. The highest BCUT2D eigenvalue weighted by molar-refractivity contribution is 7.92. The standard InChI is InChI=1S/C21H24N2O5S/c1-3-23(18-9-5-4-6-10-18)29(26,27)19-11-7-8-16(14-19)21(25)28-15(2)20(24)22-17-12-13-17/h4-11,14-15,17H,3,12-13H2,1-2H3,(H,22,24)/t15-/m1/s1. The molecule has 7 nitrogen and oxygen atoms in total. The third kappa shape index (κ3) is 4.95. The zero-order chi connectivity index (χ0) is 21.0. The Bertz CT molecular complexity index is 987. The van der Waals surface area contributed by atoms with Gasteiger partial charge < -0.3 is 10.1 Å². The minimum absolute atomic E-state index is 0.0206. The van der Waals surface area contributed by atoms with Crippen molar-refractivity contribution < 1.29 is 22.7 Å². The van der Waals surface area contributed by atoms with Crippen molar-refractivity contribution in [2.75, 3.05) is 10.8 Å². The number of nitrogens with zero attached hydrogens (tertiary/aromatic N) is 1. The van der Waals surface area contributed by atoms with Crippen molar-refractivity contribution in [3.8, 4) is 0 Å². The zero-order valence-corrected chi connectivity index (χ0v) is 17.2. The topological polar surface area (TPSA) is 92.8 Å². The molecule has 1 aliphatic carbocycles. The largest absolute Gasteiger partial charge is 0.449 e. The summed E-state index contributed by atoms with van der Waals surface area (Å²) in [4.78, 5) is 24.4. The maximum Gasteiger partial charge on any atom is 0.338 e. The van der Waals surface area contributed by atoms with E-state index < -0.39 is 22.1 Å². The van der Waals surface area contributed by atoms with Crippen LogP contribution in [0.25, 0.3) is 0 Å². The lowest BCUT2D eigenvalue weighted by atomic mass is 10.2. The van der Waals surface area contributed by atoms with Crippen LogP contribution < -0.4 is 9.62 Å². The van der Waals surface area contributed by atoms with Crippen LogP contribution in [0.2, 0.25) is 0 Å². The monoisotopic (exact) mass is 416 g/mol. The molecule has 8 heteroatoms. The van der Waals surface area contributed by atoms with E-state index >= 15 is 0 Å². The second-order valence-electron chi connectivity index (χ2n) is 6.86. The summed E-state index contributed by atoms with van der Waals surface area (Å²) in [6.45, 7) is 3.46. The van der Waals surface area contributed by atoms with Gasteiger partial charge in [-0.3, -0.25) is 9.10 Å². The van der Waals surface area contributed by atoms with Gasteiger partial charge in [-0.15, -0.1) is 0 Å². The predicted molar refractivity (Wildman–Crippen MR) is 109 cm³/mol. The summed E-state index contributed by atoms with van der Waals surface area (Å²) in [5, 5.41) is 2.77. The van der Waals surface area contributed by atoms with Gasteiger partial charge in [0, 0.05) is 12.6 Å². The smallest absolute Gasteiger partial charge is 0.338 e. The molecule has 0 saturated heterocycles. The van der Waals surface area contributed by atoms with E-state index in [1.54, 1.807) is 37.3 Å². The van der Waals surface area contributed by atoms with E-state index in [1.165, 1.54) is 35.5 Å². The van der Waals surface area contributed by atoms with Crippen LogP contribution in [0.5, 0.6) is 0 Å². The normalized spacial score (nSPS) is 14.7. The second-order valence-corrected chi connectivity index (χ2v) is 8.73. The van der Waals surface area contributed by atoms with Gasteiger partial charge in [0.15, 0.2) is 6.10 Å². The number of benzene rings is 2. The van der Waals surface area contributed by atoms with E-state index in [1.807, 2.05) is 0 Å². The third-order valence-corrected chi connectivity index (χ3v) is 6.46. The van der Waals surface area contributed by atoms with Crippen LogP contribution >= 0.6 is 0 Å². The molecular formula is C21H24N2O5S. The number of amides is 1. The van der Waals surface area contributed by atoms with E-state index in [-0.39, 0.29) is 29.0 Å². The van der Waals surface area contributed by atoms with E-state index in [2.05, 4.69) is 5.32 Å². The Morgan fingerprint density at radius 1 is 1.14 bits per heavy atom. The SMILES string of the molecule is CCN(c1ccccc1)S(=O)(=O)c1cccc(C(=O)O[C@H](C)C(=O)NC2CC2)c1. The highest BCUT2D eigenvalue weighted by Gasteiger charge is 2.28. The number of rotatable bonds is 8. The van der Waals surface area contributed by atoms with Gasteiger partial charge in [-0.1, -0.05) is 24.3 Å². The Morgan fingerprint density at radius 2 is 1.83 bits per heavy atom. The van der Waals surface area contributed by atoms with Gasteiger partial charge >= 0.3 is 5.97 Å². The van der Waals surface area contributed by atoms with Gasteiger partial charge in [0.2, 0.25) is 0 Å². The number of carbonyl (C=O) groups is 2. The van der Waals surface area contributed by atoms with Crippen molar-refractivity contribution in [2.45, 2.75) is 43.7 Å². The van der Waals surface area contributed by atoms with E-state index in [0.29, 0.717) is 5.69 Å². The maximum atomic E-state index is 13.1. The number of esters is 1. The van der Waals surface area contributed by atoms with Gasteiger partial charge in [0.25, 0.3) is 15.9 Å². The van der Waals surface area contributed by atoms with Crippen molar-refractivity contribution in [3.05, 3.63) is 60.2 Å². The van der Waals surface area contributed by atoms with Gasteiger partial charge in [0.1, 0.15) is 0 Å². The lowest BCUT2D eigenvalue weighted by Crippen LogP contribution is -2.37. The minimum Gasteiger partial charge on any atom is -0.449 e. The van der Waals surface area contributed by atoms with Gasteiger partial charge in [0.05, 0.1) is 16.1 Å². The lowest BCUT2D eigenvalue weighted by molar-refractivity contribution is -0.129. The van der Waals surface area contributed by atoms with E-state index in [9.17, 15) is 18.0 Å². The number of nitrogens with one attached hydrogen (secondary N) is 1.